The first-order valence-corrected chi connectivity index (χ1v) is 13.2. The van der Waals surface area contributed by atoms with Crippen molar-refractivity contribution in [3.63, 3.8) is 0 Å². The van der Waals surface area contributed by atoms with Crippen molar-refractivity contribution in [2.45, 2.75) is 55.3 Å². The van der Waals surface area contributed by atoms with Gasteiger partial charge in [-0.3, -0.25) is 9.59 Å². The molecule has 1 saturated heterocycles. The molecule has 0 saturated carbocycles. The first kappa shape index (κ1) is 26.7. The highest BCUT2D eigenvalue weighted by molar-refractivity contribution is 5.98. The lowest BCUT2D eigenvalue weighted by molar-refractivity contribution is -0.230. The van der Waals surface area contributed by atoms with Gasteiger partial charge in [-0.1, -0.05) is 26.0 Å². The number of nitrogens with zero attached hydrogens (tertiary/aromatic N) is 5. The Morgan fingerprint density at radius 2 is 1.98 bits per heavy atom. The summed E-state index contributed by atoms with van der Waals surface area (Å²) in [5.74, 6) is -3.21. The second-order valence-corrected chi connectivity index (χ2v) is 11.3. The molecule has 6 rings (SSSR count). The van der Waals surface area contributed by atoms with Crippen LogP contribution in [0.3, 0.4) is 0 Å². The third-order valence-corrected chi connectivity index (χ3v) is 8.39. The molecule has 4 atom stereocenters. The van der Waals surface area contributed by atoms with E-state index in [0.717, 1.165) is 12.0 Å². The van der Waals surface area contributed by atoms with Crippen molar-refractivity contribution in [1.82, 2.24) is 31.0 Å². The van der Waals surface area contributed by atoms with Gasteiger partial charge < -0.3 is 47.3 Å². The number of aliphatic imine (C=N–C) groups is 2. The van der Waals surface area contributed by atoms with E-state index in [1.807, 2.05) is 6.07 Å². The minimum atomic E-state index is -2.62. The molecule has 1 aromatic heterocycles. The maximum Gasteiger partial charge on any atom is 0.255 e. The predicted molar refractivity (Wildman–Crippen MR) is 146 cm³/mol. The quantitative estimate of drug-likeness (QED) is 0.192. The van der Waals surface area contributed by atoms with Crippen LogP contribution in [-0.2, 0) is 5.41 Å². The normalized spacial score (nSPS) is 28.6. The number of para-hydroxylation sites is 1. The van der Waals surface area contributed by atoms with Gasteiger partial charge in [0.15, 0.2) is 17.6 Å². The average molecular weight is 565 g/mol. The lowest BCUT2D eigenvalue weighted by atomic mass is 9.79. The fourth-order valence-electron chi connectivity index (χ4n) is 6.16. The summed E-state index contributed by atoms with van der Waals surface area (Å²) in [4.78, 5) is 36.5. The molecule has 0 aliphatic carbocycles. The smallest absolute Gasteiger partial charge is 0.255 e. The van der Waals surface area contributed by atoms with E-state index in [4.69, 9.17) is 16.2 Å². The van der Waals surface area contributed by atoms with Gasteiger partial charge in [0.2, 0.25) is 5.79 Å². The van der Waals surface area contributed by atoms with Crippen LogP contribution in [-0.4, -0.2) is 98.3 Å². The lowest BCUT2D eigenvalue weighted by Crippen LogP contribution is -2.78. The fraction of sp³-hybridized carbons (Fsp3) is 0.462. The summed E-state index contributed by atoms with van der Waals surface area (Å²) in [5.41, 5.74) is 11.9. The van der Waals surface area contributed by atoms with Crippen molar-refractivity contribution in [3.8, 4) is 5.75 Å². The van der Waals surface area contributed by atoms with E-state index in [1.54, 1.807) is 12.1 Å². The molecule has 1 spiro atoms. The molecule has 4 aliphatic heterocycles. The number of hydrogen-bond acceptors (Lipinski definition) is 13. The number of fused-ring (bicyclic) bond motifs is 1. The third-order valence-electron chi connectivity index (χ3n) is 8.39. The van der Waals surface area contributed by atoms with Crippen LogP contribution in [0.2, 0.25) is 0 Å². The Kier molecular flexibility index (Phi) is 6.04. The van der Waals surface area contributed by atoms with Gasteiger partial charge in [-0.05, 0) is 24.0 Å². The van der Waals surface area contributed by atoms with Crippen molar-refractivity contribution in [1.29, 1.82) is 0 Å². The zero-order valence-corrected chi connectivity index (χ0v) is 22.5. The molecule has 5 heterocycles. The van der Waals surface area contributed by atoms with Crippen LogP contribution in [0, 0.1) is 0 Å². The van der Waals surface area contributed by atoms with E-state index in [9.17, 15) is 19.8 Å². The summed E-state index contributed by atoms with van der Waals surface area (Å²) >= 11 is 0. The van der Waals surface area contributed by atoms with Crippen LogP contribution in [0.1, 0.15) is 46.5 Å². The maximum absolute atomic E-state index is 13.6. The molecule has 15 nitrogen and oxygen atoms in total. The average Bonchev–Trinajstić information content (AvgIpc) is 3.41. The monoisotopic (exact) mass is 564 g/mol. The topological polar surface area (TPSA) is 226 Å². The van der Waals surface area contributed by atoms with Crippen molar-refractivity contribution in [2.24, 2.45) is 21.5 Å². The molecular formula is C26H32N10O5. The Hall–Kier alpha value is -4.50. The first-order chi connectivity index (χ1) is 19.5. The van der Waals surface area contributed by atoms with Gasteiger partial charge in [0, 0.05) is 18.7 Å². The summed E-state index contributed by atoms with van der Waals surface area (Å²) in [6.07, 6.45) is 3.51. The van der Waals surface area contributed by atoms with Gasteiger partial charge in [-0.25, -0.2) is 9.98 Å². The molecule has 1 fully saturated rings. The van der Waals surface area contributed by atoms with Crippen LogP contribution < -0.4 is 32.2 Å². The van der Waals surface area contributed by atoms with Gasteiger partial charge >= 0.3 is 0 Å². The zero-order valence-electron chi connectivity index (χ0n) is 22.5. The minimum Gasteiger partial charge on any atom is -0.492 e. The molecule has 2 aromatic rings. The fourth-order valence-corrected chi connectivity index (χ4v) is 6.16. The molecule has 4 aliphatic rings. The number of carbonyl (C=O) groups is 2. The number of guanidine groups is 2. The summed E-state index contributed by atoms with van der Waals surface area (Å²) in [6, 6.07) is 3.82. The van der Waals surface area contributed by atoms with Crippen LogP contribution in [0.4, 0.5) is 0 Å². The Morgan fingerprint density at radius 1 is 1.17 bits per heavy atom. The number of hydrogen-bond donors (Lipinski definition) is 7. The largest absolute Gasteiger partial charge is 0.492 e. The Bertz CT molecular complexity index is 1460. The predicted octanol–water partition coefficient (Wildman–Crippen LogP) is -2.26. The molecule has 2 amide bonds. The lowest BCUT2D eigenvalue weighted by Gasteiger charge is -2.49. The summed E-state index contributed by atoms with van der Waals surface area (Å²) in [7, 11) is 0. The standard InChI is InChI=1S/C26H32N10O5/c1-24(2)7-9-41-18-14(4-3-5-15(18)24)21(38)33-17-12-36-23(28)32-16(11-29-20(37)13-6-8-30-31-10-13)19-25(36,26(17,39)40)35-22(27)34-19/h3-6,8,10,16-17,19,39-40H,7,9,11-12H2,1-2H3,(H2,28,32)(H,29,37)(H,33,38)(H3,27,34,35)/t16-,17?,19?,25?/m0/s1. The van der Waals surface area contributed by atoms with Crippen molar-refractivity contribution < 1.29 is 24.5 Å². The number of rotatable bonds is 5. The highest BCUT2D eigenvalue weighted by atomic mass is 16.5. The summed E-state index contributed by atoms with van der Waals surface area (Å²) in [6.45, 7) is 4.48. The van der Waals surface area contributed by atoms with Crippen LogP contribution in [0.5, 0.6) is 5.75 Å². The van der Waals surface area contributed by atoms with Crippen molar-refractivity contribution in [2.75, 3.05) is 19.7 Å². The molecule has 15 heteroatoms. The van der Waals surface area contributed by atoms with Gasteiger partial charge in [-0.15, -0.1) is 0 Å². The maximum atomic E-state index is 13.6. The van der Waals surface area contributed by atoms with E-state index in [1.165, 1.54) is 23.4 Å². The Balaban J connectivity index is 1.27. The highest BCUT2D eigenvalue weighted by Crippen LogP contribution is 2.45. The molecule has 9 N–H and O–H groups in total. The summed E-state index contributed by atoms with van der Waals surface area (Å²) in [5, 5.41) is 39.2. The van der Waals surface area contributed by atoms with E-state index in [-0.39, 0.29) is 41.6 Å². The minimum absolute atomic E-state index is 0.0325. The zero-order chi connectivity index (χ0) is 29.2. The number of aromatic nitrogens is 2. The molecule has 3 unspecified atom stereocenters. The van der Waals surface area contributed by atoms with E-state index < -0.39 is 41.4 Å². The van der Waals surface area contributed by atoms with Gasteiger partial charge in [-0.2, -0.15) is 10.2 Å². The van der Waals surface area contributed by atoms with E-state index in [0.29, 0.717) is 12.4 Å². The Morgan fingerprint density at radius 3 is 2.73 bits per heavy atom. The van der Waals surface area contributed by atoms with E-state index in [2.05, 4.69) is 50.0 Å². The van der Waals surface area contributed by atoms with Gasteiger partial charge in [0.25, 0.3) is 11.8 Å². The van der Waals surface area contributed by atoms with Crippen LogP contribution in [0.15, 0.2) is 46.6 Å². The molecule has 0 bridgehead atoms. The second kappa shape index (κ2) is 9.27. The van der Waals surface area contributed by atoms with Crippen molar-refractivity contribution >= 4 is 23.7 Å². The molecule has 41 heavy (non-hydrogen) atoms. The molecule has 1 aromatic carbocycles. The van der Waals surface area contributed by atoms with Crippen molar-refractivity contribution in [3.05, 3.63) is 53.3 Å². The molecular weight excluding hydrogens is 532 g/mol. The Labute approximate surface area is 235 Å². The number of ether oxygens (including phenoxy) is 1. The molecule has 216 valence electrons. The number of nitrogens with two attached hydrogens (primary N) is 2. The third kappa shape index (κ3) is 4.02. The molecule has 0 radical (unpaired) electrons. The van der Waals surface area contributed by atoms with Gasteiger partial charge in [0.1, 0.15) is 17.8 Å². The number of carbonyl (C=O) groups excluding carboxylic acids is 2. The van der Waals surface area contributed by atoms with E-state index >= 15 is 0 Å². The number of aliphatic hydroxyl groups is 2. The first-order valence-electron chi connectivity index (χ1n) is 13.2. The highest BCUT2D eigenvalue weighted by Gasteiger charge is 2.73. The van der Waals surface area contributed by atoms with Gasteiger partial charge in [0.05, 0.1) is 36.2 Å². The van der Waals surface area contributed by atoms with Crippen LogP contribution in [0.25, 0.3) is 0 Å². The number of nitrogens with one attached hydrogen (secondary N) is 3. The SMILES string of the molecule is CC1(C)CCOc2c(C(=O)NC3CN4C(N)=N[C@@H](CNC(=O)c5ccnnc5)C5N=C(N)NC54C3(O)O)cccc21. The summed E-state index contributed by atoms with van der Waals surface area (Å²) < 4.78 is 5.89. The second-order valence-electron chi connectivity index (χ2n) is 11.3. The number of amides is 2. The van der Waals surface area contributed by atoms with Crippen LogP contribution >= 0.6 is 0 Å². The number of benzene rings is 1.